The van der Waals surface area contributed by atoms with E-state index in [1.807, 2.05) is 0 Å². The lowest BCUT2D eigenvalue weighted by molar-refractivity contribution is -0.141. The summed E-state index contributed by atoms with van der Waals surface area (Å²) < 4.78 is 11.1. The molecule has 2 amide bonds. The Kier molecular flexibility index (Phi) is 6.98. The SMILES string of the molecule is CC(CS(C)=O)NC(=O)NC(C(=O)O)C1CCCCC1. The first-order chi connectivity index (χ1) is 9.40. The van der Waals surface area contributed by atoms with Gasteiger partial charge in [0.1, 0.15) is 6.04 Å². The first-order valence-electron chi connectivity index (χ1n) is 7.00. The third-order valence-electron chi connectivity index (χ3n) is 3.54. The van der Waals surface area contributed by atoms with Gasteiger partial charge in [-0.1, -0.05) is 19.3 Å². The first kappa shape index (κ1) is 16.9. The third kappa shape index (κ3) is 5.90. The fraction of sp³-hybridized carbons (Fsp3) is 0.846. The number of aliphatic carboxylic acids is 1. The molecule has 7 heteroatoms. The van der Waals surface area contributed by atoms with Gasteiger partial charge >= 0.3 is 12.0 Å². The Morgan fingerprint density at radius 1 is 1.25 bits per heavy atom. The van der Waals surface area contributed by atoms with Gasteiger partial charge in [0.2, 0.25) is 0 Å². The van der Waals surface area contributed by atoms with Gasteiger partial charge in [-0.3, -0.25) is 4.21 Å². The van der Waals surface area contributed by atoms with Gasteiger partial charge in [-0.05, 0) is 25.7 Å². The normalized spacial score (nSPS) is 20.7. The molecule has 1 saturated carbocycles. The van der Waals surface area contributed by atoms with E-state index in [1.165, 1.54) is 0 Å². The van der Waals surface area contributed by atoms with Crippen molar-refractivity contribution in [3.63, 3.8) is 0 Å². The van der Waals surface area contributed by atoms with Crippen LogP contribution in [0.25, 0.3) is 0 Å². The molecule has 0 aliphatic heterocycles. The molecule has 0 bridgehead atoms. The second-order valence-corrected chi connectivity index (χ2v) is 6.95. The van der Waals surface area contributed by atoms with Gasteiger partial charge in [0.05, 0.1) is 0 Å². The Hall–Kier alpha value is -1.11. The average Bonchev–Trinajstić information content (AvgIpc) is 2.35. The van der Waals surface area contributed by atoms with E-state index in [-0.39, 0.29) is 12.0 Å². The van der Waals surface area contributed by atoms with Crippen LogP contribution in [0.2, 0.25) is 0 Å². The predicted molar refractivity (Wildman–Crippen MR) is 78.1 cm³/mol. The fourth-order valence-corrected chi connectivity index (χ4v) is 3.44. The number of urea groups is 1. The van der Waals surface area contributed by atoms with Crippen LogP contribution in [0, 0.1) is 5.92 Å². The van der Waals surface area contributed by atoms with E-state index in [9.17, 15) is 18.9 Å². The van der Waals surface area contributed by atoms with Crippen LogP contribution < -0.4 is 10.6 Å². The molecule has 3 N–H and O–H groups in total. The standard InChI is InChI=1S/C13H24N2O4S/c1-9(8-20(2)19)14-13(18)15-11(12(16)17)10-6-4-3-5-7-10/h9-11H,3-8H2,1-2H3,(H,16,17)(H2,14,15,18). The summed E-state index contributed by atoms with van der Waals surface area (Å²) in [5.74, 6) is -0.629. The Balaban J connectivity index is 2.50. The lowest BCUT2D eigenvalue weighted by Crippen LogP contribution is -2.52. The second kappa shape index (κ2) is 8.24. The molecule has 0 heterocycles. The van der Waals surface area contributed by atoms with Gasteiger partial charge in [-0.2, -0.15) is 0 Å². The third-order valence-corrected chi connectivity index (χ3v) is 4.51. The van der Waals surface area contributed by atoms with E-state index in [0.717, 1.165) is 32.1 Å². The molecule has 20 heavy (non-hydrogen) atoms. The number of nitrogens with one attached hydrogen (secondary N) is 2. The minimum atomic E-state index is -0.997. The number of carbonyl (C=O) groups is 2. The van der Waals surface area contributed by atoms with Crippen LogP contribution in [-0.2, 0) is 15.6 Å². The van der Waals surface area contributed by atoms with Crippen LogP contribution in [0.1, 0.15) is 39.0 Å². The van der Waals surface area contributed by atoms with Crippen molar-refractivity contribution < 1.29 is 18.9 Å². The maximum atomic E-state index is 11.8. The van der Waals surface area contributed by atoms with Gasteiger partial charge in [0.15, 0.2) is 0 Å². The van der Waals surface area contributed by atoms with Crippen LogP contribution in [-0.4, -0.2) is 45.4 Å². The predicted octanol–water partition coefficient (Wildman–Crippen LogP) is 1.09. The maximum Gasteiger partial charge on any atom is 0.326 e. The molecule has 0 radical (unpaired) electrons. The summed E-state index contributed by atoms with van der Waals surface area (Å²) in [6.07, 6.45) is 6.41. The largest absolute Gasteiger partial charge is 0.480 e. The zero-order chi connectivity index (χ0) is 15.1. The Morgan fingerprint density at radius 3 is 2.35 bits per heavy atom. The van der Waals surface area contributed by atoms with Crippen LogP contribution in [0.5, 0.6) is 0 Å². The van der Waals surface area contributed by atoms with E-state index < -0.39 is 28.8 Å². The quantitative estimate of drug-likeness (QED) is 0.684. The van der Waals surface area contributed by atoms with Crippen molar-refractivity contribution in [2.24, 2.45) is 5.92 Å². The molecule has 1 aliphatic rings. The van der Waals surface area contributed by atoms with Gasteiger partial charge < -0.3 is 15.7 Å². The summed E-state index contributed by atoms with van der Waals surface area (Å²) in [5, 5.41) is 14.4. The highest BCUT2D eigenvalue weighted by Gasteiger charge is 2.30. The van der Waals surface area contributed by atoms with Gasteiger partial charge in [-0.25, -0.2) is 9.59 Å². The van der Waals surface area contributed by atoms with Crippen LogP contribution in [0.3, 0.4) is 0 Å². The fourth-order valence-electron chi connectivity index (χ4n) is 2.65. The highest BCUT2D eigenvalue weighted by molar-refractivity contribution is 7.84. The zero-order valence-corrected chi connectivity index (χ0v) is 12.9. The van der Waals surface area contributed by atoms with E-state index in [1.54, 1.807) is 13.2 Å². The van der Waals surface area contributed by atoms with Crippen LogP contribution in [0.15, 0.2) is 0 Å². The van der Waals surface area contributed by atoms with E-state index in [2.05, 4.69) is 10.6 Å². The molecular formula is C13H24N2O4S. The number of hydrogen-bond donors (Lipinski definition) is 3. The molecule has 1 aliphatic carbocycles. The second-order valence-electron chi connectivity index (χ2n) is 5.47. The number of amides is 2. The van der Waals surface area contributed by atoms with Gasteiger partial charge in [0, 0.05) is 28.9 Å². The minimum absolute atomic E-state index is 0.00242. The molecule has 0 saturated heterocycles. The molecule has 0 aromatic heterocycles. The molecule has 1 fully saturated rings. The number of carboxylic acid groups (broad SMARTS) is 1. The summed E-state index contributed by atoms with van der Waals surface area (Å²) in [7, 11) is -0.997. The van der Waals surface area contributed by atoms with E-state index >= 15 is 0 Å². The summed E-state index contributed by atoms with van der Waals surface area (Å²) in [4.78, 5) is 23.1. The molecule has 0 aromatic rings. The number of carboxylic acids is 1. The monoisotopic (exact) mass is 304 g/mol. The van der Waals surface area contributed by atoms with Crippen molar-refractivity contribution in [3.05, 3.63) is 0 Å². The lowest BCUT2D eigenvalue weighted by atomic mass is 9.84. The molecule has 0 spiro atoms. The van der Waals surface area contributed by atoms with E-state index in [4.69, 9.17) is 0 Å². The topological polar surface area (TPSA) is 95.5 Å². The Labute approximate surface area is 122 Å². The number of hydrogen-bond acceptors (Lipinski definition) is 3. The summed E-state index contributed by atoms with van der Waals surface area (Å²) in [5.41, 5.74) is 0. The van der Waals surface area contributed by atoms with Crippen molar-refractivity contribution in [2.45, 2.75) is 51.1 Å². The van der Waals surface area contributed by atoms with Crippen molar-refractivity contribution in [3.8, 4) is 0 Å². The molecule has 6 nitrogen and oxygen atoms in total. The van der Waals surface area contributed by atoms with Crippen molar-refractivity contribution in [1.29, 1.82) is 0 Å². The summed E-state index contributed by atoms with van der Waals surface area (Å²) in [6.45, 7) is 1.75. The number of carbonyl (C=O) groups excluding carboxylic acids is 1. The molecular weight excluding hydrogens is 280 g/mol. The van der Waals surface area contributed by atoms with Gasteiger partial charge in [-0.15, -0.1) is 0 Å². The van der Waals surface area contributed by atoms with Crippen LogP contribution in [0.4, 0.5) is 4.79 Å². The number of rotatable bonds is 6. The Bertz CT molecular complexity index is 369. The average molecular weight is 304 g/mol. The highest BCUT2D eigenvalue weighted by Crippen LogP contribution is 2.26. The molecule has 0 aromatic carbocycles. The highest BCUT2D eigenvalue weighted by atomic mass is 32.2. The zero-order valence-electron chi connectivity index (χ0n) is 12.1. The molecule has 1 rings (SSSR count). The van der Waals surface area contributed by atoms with Gasteiger partial charge in [0.25, 0.3) is 0 Å². The van der Waals surface area contributed by atoms with Crippen molar-refractivity contribution >= 4 is 22.8 Å². The maximum absolute atomic E-state index is 11.8. The minimum Gasteiger partial charge on any atom is -0.480 e. The molecule has 116 valence electrons. The van der Waals surface area contributed by atoms with Crippen LogP contribution >= 0.6 is 0 Å². The van der Waals surface area contributed by atoms with Crippen molar-refractivity contribution in [2.75, 3.05) is 12.0 Å². The summed E-state index contributed by atoms with van der Waals surface area (Å²) in [6, 6.07) is -1.59. The Morgan fingerprint density at radius 2 is 1.85 bits per heavy atom. The molecule has 3 unspecified atom stereocenters. The first-order valence-corrected chi connectivity index (χ1v) is 8.72. The van der Waals surface area contributed by atoms with Crippen molar-refractivity contribution in [1.82, 2.24) is 10.6 Å². The molecule has 3 atom stereocenters. The lowest BCUT2D eigenvalue weighted by Gasteiger charge is -2.28. The van der Waals surface area contributed by atoms with E-state index in [0.29, 0.717) is 5.75 Å². The summed E-state index contributed by atoms with van der Waals surface area (Å²) >= 11 is 0. The smallest absolute Gasteiger partial charge is 0.326 e.